The number of nitrogens with zero attached hydrogens (tertiary/aromatic N) is 2. The molecule has 0 N–H and O–H groups in total. The molecule has 4 nitrogen and oxygen atoms in total. The van der Waals surface area contributed by atoms with Gasteiger partial charge in [-0.25, -0.2) is 4.39 Å². The van der Waals surface area contributed by atoms with E-state index in [0.717, 1.165) is 30.4 Å². The van der Waals surface area contributed by atoms with Gasteiger partial charge in [0.15, 0.2) is 0 Å². The van der Waals surface area contributed by atoms with Crippen LogP contribution in [0.25, 0.3) is 0 Å². The van der Waals surface area contributed by atoms with Gasteiger partial charge in [0.05, 0.1) is 28.8 Å². The lowest BCUT2D eigenvalue weighted by Crippen LogP contribution is -2.37. The van der Waals surface area contributed by atoms with Crippen LogP contribution in [0.4, 0.5) is 10.1 Å². The minimum absolute atomic E-state index is 0.0971. The molecule has 0 aromatic heterocycles. The minimum atomic E-state index is -0.665. The van der Waals surface area contributed by atoms with Crippen LogP contribution in [0, 0.1) is 5.82 Å². The van der Waals surface area contributed by atoms with Gasteiger partial charge in [-0.05, 0) is 23.8 Å². The van der Waals surface area contributed by atoms with Crippen molar-refractivity contribution < 1.29 is 13.9 Å². The summed E-state index contributed by atoms with van der Waals surface area (Å²) in [4.78, 5) is 16.5. The number of hydrogen-bond donors (Lipinski definition) is 0. The van der Waals surface area contributed by atoms with Crippen molar-refractivity contribution in [1.29, 1.82) is 0 Å². The minimum Gasteiger partial charge on any atom is -0.378 e. The molecule has 2 aromatic carbocycles. The summed E-state index contributed by atoms with van der Waals surface area (Å²) in [5, 5.41) is 0.0292. The highest BCUT2D eigenvalue weighted by Crippen LogP contribution is 2.27. The van der Waals surface area contributed by atoms with Crippen LogP contribution < -0.4 is 4.90 Å². The van der Waals surface area contributed by atoms with Crippen molar-refractivity contribution in [3.8, 4) is 0 Å². The van der Waals surface area contributed by atoms with Gasteiger partial charge in [-0.1, -0.05) is 41.4 Å². The molecule has 0 bridgehead atoms. The van der Waals surface area contributed by atoms with Gasteiger partial charge in [0.2, 0.25) is 0 Å². The molecule has 7 heteroatoms. The largest absolute Gasteiger partial charge is 0.378 e. The summed E-state index contributed by atoms with van der Waals surface area (Å²) < 4.78 is 19.1. The Morgan fingerprint density at radius 2 is 1.88 bits per heavy atom. The summed E-state index contributed by atoms with van der Waals surface area (Å²) >= 11 is 11.8. The summed E-state index contributed by atoms with van der Waals surface area (Å²) in [6.07, 6.45) is 0. The SMILES string of the molecule is CN(Cc1ccccc1N1CCOCC1)C(=O)c1cc(F)c(Cl)cc1Cl. The quantitative estimate of drug-likeness (QED) is 0.724. The van der Waals surface area contributed by atoms with Crippen LogP contribution >= 0.6 is 23.2 Å². The third kappa shape index (κ3) is 4.11. The van der Waals surface area contributed by atoms with Gasteiger partial charge >= 0.3 is 0 Å². The number of amides is 1. The van der Waals surface area contributed by atoms with Crippen LogP contribution in [0.2, 0.25) is 10.0 Å². The zero-order chi connectivity index (χ0) is 18.7. The summed E-state index contributed by atoms with van der Waals surface area (Å²) in [7, 11) is 1.67. The third-order valence-corrected chi connectivity index (χ3v) is 4.94. The van der Waals surface area contributed by atoms with Gasteiger partial charge in [-0.15, -0.1) is 0 Å². The van der Waals surface area contributed by atoms with Crippen LogP contribution in [-0.2, 0) is 11.3 Å². The maximum absolute atomic E-state index is 13.7. The van der Waals surface area contributed by atoms with E-state index in [9.17, 15) is 9.18 Å². The number of benzene rings is 2. The standard InChI is InChI=1S/C19H19Cl2FN2O2/c1-23(19(25)14-10-17(22)16(21)11-15(14)20)12-13-4-2-3-5-18(13)24-6-8-26-9-7-24/h2-5,10-11H,6-9,12H2,1H3. The number of morpholine rings is 1. The molecular weight excluding hydrogens is 378 g/mol. The smallest absolute Gasteiger partial charge is 0.255 e. The highest BCUT2D eigenvalue weighted by Gasteiger charge is 2.20. The maximum Gasteiger partial charge on any atom is 0.255 e. The lowest BCUT2D eigenvalue weighted by Gasteiger charge is -2.31. The van der Waals surface area contributed by atoms with Crippen LogP contribution in [-0.4, -0.2) is 44.2 Å². The number of para-hydroxylation sites is 1. The molecule has 0 spiro atoms. The second-order valence-electron chi connectivity index (χ2n) is 6.14. The molecule has 2 aromatic rings. The molecule has 0 saturated carbocycles. The van der Waals surface area contributed by atoms with Crippen LogP contribution in [0.3, 0.4) is 0 Å². The topological polar surface area (TPSA) is 32.8 Å². The second-order valence-corrected chi connectivity index (χ2v) is 6.95. The van der Waals surface area contributed by atoms with Gasteiger partial charge in [0.1, 0.15) is 5.82 Å². The number of carbonyl (C=O) groups excluding carboxylic acids is 1. The summed E-state index contributed by atoms with van der Waals surface area (Å²) in [6, 6.07) is 10.3. The summed E-state index contributed by atoms with van der Waals surface area (Å²) in [5.41, 5.74) is 2.18. The van der Waals surface area contributed by atoms with E-state index in [1.165, 1.54) is 11.0 Å². The fraction of sp³-hybridized carbons (Fsp3) is 0.316. The van der Waals surface area contributed by atoms with E-state index in [1.54, 1.807) is 7.05 Å². The highest BCUT2D eigenvalue weighted by atomic mass is 35.5. The van der Waals surface area contributed by atoms with Crippen molar-refractivity contribution in [3.63, 3.8) is 0 Å². The van der Waals surface area contributed by atoms with E-state index >= 15 is 0 Å². The number of rotatable bonds is 4. The van der Waals surface area contributed by atoms with Crippen molar-refractivity contribution in [1.82, 2.24) is 4.90 Å². The average Bonchev–Trinajstić information content (AvgIpc) is 2.65. The molecule has 1 aliphatic rings. The van der Waals surface area contributed by atoms with E-state index in [4.69, 9.17) is 27.9 Å². The van der Waals surface area contributed by atoms with Gasteiger partial charge in [0.25, 0.3) is 5.91 Å². The van der Waals surface area contributed by atoms with E-state index in [0.29, 0.717) is 19.8 Å². The van der Waals surface area contributed by atoms with Gasteiger partial charge < -0.3 is 14.5 Å². The lowest BCUT2D eigenvalue weighted by molar-refractivity contribution is 0.0784. The molecule has 1 fully saturated rings. The van der Waals surface area contributed by atoms with Gasteiger partial charge in [0, 0.05) is 32.4 Å². The predicted molar refractivity (Wildman–Crippen MR) is 102 cm³/mol. The Labute approximate surface area is 162 Å². The fourth-order valence-corrected chi connectivity index (χ4v) is 3.44. The molecule has 1 aliphatic heterocycles. The number of carbonyl (C=O) groups is 1. The first kappa shape index (κ1) is 19.0. The molecule has 1 saturated heterocycles. The van der Waals surface area contributed by atoms with Crippen molar-refractivity contribution in [3.05, 3.63) is 63.4 Å². The fourth-order valence-electron chi connectivity index (χ4n) is 2.98. The Morgan fingerprint density at radius 3 is 2.62 bits per heavy atom. The molecule has 0 aliphatic carbocycles. The normalized spacial score (nSPS) is 14.4. The van der Waals surface area contributed by atoms with Crippen molar-refractivity contribution >= 4 is 34.8 Å². The molecule has 26 heavy (non-hydrogen) atoms. The molecule has 1 heterocycles. The van der Waals surface area contributed by atoms with Crippen LogP contribution in [0.5, 0.6) is 0 Å². The number of anilines is 1. The number of hydrogen-bond acceptors (Lipinski definition) is 3. The van der Waals surface area contributed by atoms with Crippen molar-refractivity contribution in [2.75, 3.05) is 38.3 Å². The number of ether oxygens (including phenoxy) is 1. The van der Waals surface area contributed by atoms with E-state index in [2.05, 4.69) is 4.90 Å². The predicted octanol–water partition coefficient (Wildman–Crippen LogP) is 4.24. The first-order chi connectivity index (χ1) is 12.5. The molecule has 0 unspecified atom stereocenters. The number of halogens is 3. The van der Waals surface area contributed by atoms with E-state index < -0.39 is 5.82 Å². The Hall–Kier alpha value is -1.82. The molecule has 1 amide bonds. The molecular formula is C19H19Cl2FN2O2. The van der Waals surface area contributed by atoms with Gasteiger partial charge in [-0.3, -0.25) is 4.79 Å². The molecule has 0 atom stereocenters. The summed E-state index contributed by atoms with van der Waals surface area (Å²) in [5.74, 6) is -1.02. The van der Waals surface area contributed by atoms with Crippen molar-refractivity contribution in [2.45, 2.75) is 6.54 Å². The zero-order valence-corrected chi connectivity index (χ0v) is 15.9. The maximum atomic E-state index is 13.7. The Balaban J connectivity index is 1.81. The first-order valence-corrected chi connectivity index (χ1v) is 9.03. The Bertz CT molecular complexity index is 810. The molecule has 3 rings (SSSR count). The Kier molecular flexibility index (Phi) is 6.01. The molecule has 0 radical (unpaired) electrons. The van der Waals surface area contributed by atoms with E-state index in [1.807, 2.05) is 24.3 Å². The highest BCUT2D eigenvalue weighted by molar-refractivity contribution is 6.36. The average molecular weight is 397 g/mol. The van der Waals surface area contributed by atoms with Crippen LogP contribution in [0.15, 0.2) is 36.4 Å². The monoisotopic (exact) mass is 396 g/mol. The van der Waals surface area contributed by atoms with Crippen molar-refractivity contribution in [2.24, 2.45) is 0 Å². The van der Waals surface area contributed by atoms with E-state index in [-0.39, 0.29) is 21.5 Å². The summed E-state index contributed by atoms with van der Waals surface area (Å²) in [6.45, 7) is 3.37. The van der Waals surface area contributed by atoms with Gasteiger partial charge in [-0.2, -0.15) is 0 Å². The zero-order valence-electron chi connectivity index (χ0n) is 14.3. The Morgan fingerprint density at radius 1 is 1.19 bits per heavy atom. The first-order valence-electron chi connectivity index (χ1n) is 8.28. The van der Waals surface area contributed by atoms with Crippen LogP contribution in [0.1, 0.15) is 15.9 Å². The lowest BCUT2D eigenvalue weighted by atomic mass is 10.1. The molecule has 138 valence electrons. The third-order valence-electron chi connectivity index (χ3n) is 4.34. The second kappa shape index (κ2) is 8.25.